The second-order valence-corrected chi connectivity index (χ2v) is 6.27. The van der Waals surface area contributed by atoms with Crippen LogP contribution in [0.2, 0.25) is 0 Å². The molecule has 0 bridgehead atoms. The number of hydrogen-bond acceptors (Lipinski definition) is 4. The molecule has 0 aromatic heterocycles. The molecule has 1 heterocycles. The highest BCUT2D eigenvalue weighted by molar-refractivity contribution is 5.85. The lowest BCUT2D eigenvalue weighted by Gasteiger charge is -2.50. The molecule has 0 saturated carbocycles. The molecule has 0 unspecified atom stereocenters. The summed E-state index contributed by atoms with van der Waals surface area (Å²) < 4.78 is 6.22. The average Bonchev–Trinajstić information content (AvgIpc) is 2.56. The Morgan fingerprint density at radius 1 is 1.26 bits per heavy atom. The Morgan fingerprint density at radius 3 is 2.35 bits per heavy atom. The predicted molar refractivity (Wildman–Crippen MR) is 90.3 cm³/mol. The van der Waals surface area contributed by atoms with Crippen molar-refractivity contribution in [2.24, 2.45) is 0 Å². The van der Waals surface area contributed by atoms with Gasteiger partial charge in [-0.25, -0.2) is 4.79 Å². The summed E-state index contributed by atoms with van der Waals surface area (Å²) >= 11 is 0. The van der Waals surface area contributed by atoms with Crippen LogP contribution in [0.5, 0.6) is 11.5 Å². The summed E-state index contributed by atoms with van der Waals surface area (Å²) in [5, 5.41) is 19.8. The maximum absolute atomic E-state index is 12.1. The number of ether oxygens (including phenoxy) is 1. The average molecular weight is 321 g/mol. The van der Waals surface area contributed by atoms with Crippen molar-refractivity contribution in [3.63, 3.8) is 0 Å². The molecule has 1 aromatic carbocycles. The summed E-state index contributed by atoms with van der Waals surface area (Å²) in [6, 6.07) is 4.92. The van der Waals surface area contributed by atoms with Crippen LogP contribution in [-0.4, -0.2) is 33.9 Å². The lowest BCUT2D eigenvalue weighted by atomic mass is 9.85. The standard InChI is InChI=1S/C18H27NO4/c1-5-17(6-2)12-19(18(7-3,8-4)16(21)22)14-11-13(20)9-10-15(14)23-17/h9-11,20H,5-8,12H2,1-4H3,(H,21,22). The largest absolute Gasteiger partial charge is 0.508 e. The van der Waals surface area contributed by atoms with Crippen LogP contribution in [-0.2, 0) is 4.79 Å². The number of fused-ring (bicyclic) bond motifs is 1. The van der Waals surface area contributed by atoms with Crippen LogP contribution in [0, 0.1) is 0 Å². The molecule has 23 heavy (non-hydrogen) atoms. The zero-order valence-electron chi connectivity index (χ0n) is 14.4. The van der Waals surface area contributed by atoms with Gasteiger partial charge in [-0.2, -0.15) is 0 Å². The Bertz CT molecular complexity index is 576. The Kier molecular flexibility index (Phi) is 4.78. The Hall–Kier alpha value is -1.91. The lowest BCUT2D eigenvalue weighted by molar-refractivity contribution is -0.144. The molecule has 0 amide bonds. The Morgan fingerprint density at radius 2 is 1.87 bits per heavy atom. The molecule has 5 heteroatoms. The Balaban J connectivity index is 2.65. The van der Waals surface area contributed by atoms with Crippen LogP contribution < -0.4 is 9.64 Å². The highest BCUT2D eigenvalue weighted by Gasteiger charge is 2.48. The number of rotatable bonds is 6. The van der Waals surface area contributed by atoms with Crippen LogP contribution in [0.1, 0.15) is 53.4 Å². The minimum atomic E-state index is -0.998. The second kappa shape index (κ2) is 6.30. The number of anilines is 1. The minimum absolute atomic E-state index is 0.115. The van der Waals surface area contributed by atoms with Gasteiger partial charge in [0, 0.05) is 6.07 Å². The maximum Gasteiger partial charge on any atom is 0.329 e. The number of carbonyl (C=O) groups is 1. The smallest absolute Gasteiger partial charge is 0.329 e. The third kappa shape index (κ3) is 2.73. The third-order valence-corrected chi connectivity index (χ3v) is 5.38. The molecule has 1 aliphatic heterocycles. The predicted octanol–water partition coefficient (Wildman–Crippen LogP) is 3.79. The van der Waals surface area contributed by atoms with Gasteiger partial charge in [0.1, 0.15) is 22.6 Å². The molecule has 128 valence electrons. The quantitative estimate of drug-likeness (QED) is 0.834. The molecule has 0 radical (unpaired) electrons. The van der Waals surface area contributed by atoms with E-state index in [1.807, 2.05) is 18.7 Å². The summed E-state index contributed by atoms with van der Waals surface area (Å²) in [6.45, 7) is 8.43. The first kappa shape index (κ1) is 17.4. The van der Waals surface area contributed by atoms with Gasteiger partial charge >= 0.3 is 5.97 Å². The molecule has 1 aliphatic rings. The number of carboxylic acids is 1. The van der Waals surface area contributed by atoms with Crippen molar-refractivity contribution >= 4 is 11.7 Å². The zero-order chi connectivity index (χ0) is 17.3. The van der Waals surface area contributed by atoms with E-state index in [1.54, 1.807) is 18.2 Å². The van der Waals surface area contributed by atoms with Gasteiger partial charge < -0.3 is 19.8 Å². The van der Waals surface area contributed by atoms with Gasteiger partial charge in [0.25, 0.3) is 0 Å². The molecule has 0 atom stereocenters. The van der Waals surface area contributed by atoms with Gasteiger partial charge in [0.2, 0.25) is 0 Å². The fourth-order valence-corrected chi connectivity index (χ4v) is 3.49. The SMILES string of the molecule is CCC1(CC)CN(C(CC)(CC)C(=O)O)c2cc(O)ccc2O1. The number of aromatic hydroxyl groups is 1. The number of aliphatic carboxylic acids is 1. The van der Waals surface area contributed by atoms with Crippen molar-refractivity contribution in [1.82, 2.24) is 0 Å². The maximum atomic E-state index is 12.1. The highest BCUT2D eigenvalue weighted by atomic mass is 16.5. The minimum Gasteiger partial charge on any atom is -0.508 e. The molecule has 2 N–H and O–H groups in total. The normalized spacial score (nSPS) is 16.6. The first-order chi connectivity index (χ1) is 10.9. The molecular formula is C18H27NO4. The summed E-state index contributed by atoms with van der Waals surface area (Å²) in [7, 11) is 0. The number of phenolic OH excluding ortho intramolecular Hbond substituents is 1. The molecule has 1 aromatic rings. The van der Waals surface area contributed by atoms with Gasteiger partial charge in [-0.3, -0.25) is 0 Å². The first-order valence-corrected chi connectivity index (χ1v) is 8.41. The van der Waals surface area contributed by atoms with Crippen LogP contribution in [0.4, 0.5) is 5.69 Å². The molecule has 0 saturated heterocycles. The summed E-state index contributed by atoms with van der Waals surface area (Å²) in [6.07, 6.45) is 2.56. The van der Waals surface area contributed by atoms with E-state index in [0.29, 0.717) is 30.8 Å². The van der Waals surface area contributed by atoms with Crippen molar-refractivity contribution < 1.29 is 19.7 Å². The monoisotopic (exact) mass is 321 g/mol. The number of hydrogen-bond donors (Lipinski definition) is 2. The van der Waals surface area contributed by atoms with E-state index >= 15 is 0 Å². The van der Waals surface area contributed by atoms with Gasteiger partial charge in [-0.05, 0) is 37.8 Å². The van der Waals surface area contributed by atoms with E-state index in [2.05, 4.69) is 13.8 Å². The fourth-order valence-electron chi connectivity index (χ4n) is 3.49. The van der Waals surface area contributed by atoms with Crippen LogP contribution in [0.25, 0.3) is 0 Å². The number of carboxylic acid groups (broad SMARTS) is 1. The molecule has 2 rings (SSSR count). The van der Waals surface area contributed by atoms with E-state index in [1.165, 1.54) is 0 Å². The summed E-state index contributed by atoms with van der Waals surface area (Å²) in [4.78, 5) is 14.1. The van der Waals surface area contributed by atoms with E-state index in [4.69, 9.17) is 4.74 Å². The second-order valence-electron chi connectivity index (χ2n) is 6.27. The first-order valence-electron chi connectivity index (χ1n) is 8.41. The van der Waals surface area contributed by atoms with Crippen molar-refractivity contribution in [1.29, 1.82) is 0 Å². The van der Waals surface area contributed by atoms with Crippen molar-refractivity contribution in [2.75, 3.05) is 11.4 Å². The van der Waals surface area contributed by atoms with Crippen molar-refractivity contribution in [3.05, 3.63) is 18.2 Å². The number of nitrogens with zero attached hydrogens (tertiary/aromatic N) is 1. The lowest BCUT2D eigenvalue weighted by Crippen LogP contribution is -2.62. The molecule has 0 fully saturated rings. The molecule has 0 spiro atoms. The van der Waals surface area contributed by atoms with E-state index in [-0.39, 0.29) is 5.75 Å². The summed E-state index contributed by atoms with van der Waals surface area (Å²) in [5.74, 6) is -0.0746. The van der Waals surface area contributed by atoms with Crippen LogP contribution >= 0.6 is 0 Å². The van der Waals surface area contributed by atoms with Crippen LogP contribution in [0.15, 0.2) is 18.2 Å². The van der Waals surface area contributed by atoms with Gasteiger partial charge in [-0.15, -0.1) is 0 Å². The van der Waals surface area contributed by atoms with Gasteiger partial charge in [0.05, 0.1) is 12.2 Å². The highest BCUT2D eigenvalue weighted by Crippen LogP contribution is 2.45. The van der Waals surface area contributed by atoms with E-state index in [9.17, 15) is 15.0 Å². The molecular weight excluding hydrogens is 294 g/mol. The van der Waals surface area contributed by atoms with Gasteiger partial charge in [0.15, 0.2) is 0 Å². The zero-order valence-corrected chi connectivity index (χ0v) is 14.4. The Labute approximate surface area is 137 Å². The molecule has 5 nitrogen and oxygen atoms in total. The fraction of sp³-hybridized carbons (Fsp3) is 0.611. The third-order valence-electron chi connectivity index (χ3n) is 5.38. The molecule has 0 aliphatic carbocycles. The van der Waals surface area contributed by atoms with Gasteiger partial charge in [-0.1, -0.05) is 27.7 Å². The topological polar surface area (TPSA) is 70.0 Å². The summed E-state index contributed by atoms with van der Waals surface area (Å²) in [5.41, 5.74) is -0.745. The van der Waals surface area contributed by atoms with Crippen molar-refractivity contribution in [3.8, 4) is 11.5 Å². The van der Waals surface area contributed by atoms with E-state index in [0.717, 1.165) is 12.8 Å². The van der Waals surface area contributed by atoms with Crippen molar-refractivity contribution in [2.45, 2.75) is 64.5 Å². The van der Waals surface area contributed by atoms with E-state index < -0.39 is 17.1 Å². The number of phenols is 1. The number of benzene rings is 1. The van der Waals surface area contributed by atoms with Crippen LogP contribution in [0.3, 0.4) is 0 Å².